The van der Waals surface area contributed by atoms with E-state index >= 15 is 0 Å². The van der Waals surface area contributed by atoms with Gasteiger partial charge in [0.25, 0.3) is 0 Å². The molecule has 0 saturated heterocycles. The number of hydrogen-bond donors (Lipinski definition) is 4. The zero-order valence-corrected chi connectivity index (χ0v) is 19.5. The molecule has 0 fully saturated rings. The maximum Gasteiger partial charge on any atom is 0.421 e. The van der Waals surface area contributed by atoms with Gasteiger partial charge in [-0.2, -0.15) is 18.2 Å². The molecule has 14 heteroatoms. The lowest BCUT2D eigenvalue weighted by Gasteiger charge is -2.20. The number of alkyl halides is 3. The quantitative estimate of drug-likeness (QED) is 0.341. The summed E-state index contributed by atoms with van der Waals surface area (Å²) in [6, 6.07) is 9.23. The molecule has 2 aromatic heterocycles. The molecular weight excluding hydrogens is 489 g/mol. The Morgan fingerprint density at radius 3 is 2.43 bits per heavy atom. The van der Waals surface area contributed by atoms with Crippen LogP contribution in [0.3, 0.4) is 0 Å². The minimum atomic E-state index is -4.75. The van der Waals surface area contributed by atoms with Crippen LogP contribution in [0.2, 0.25) is 0 Å². The van der Waals surface area contributed by atoms with Crippen LogP contribution in [0.25, 0.3) is 0 Å². The molecule has 0 saturated carbocycles. The summed E-state index contributed by atoms with van der Waals surface area (Å²) in [4.78, 5) is 11.7. The lowest BCUT2D eigenvalue weighted by Crippen LogP contribution is -2.27. The van der Waals surface area contributed by atoms with Gasteiger partial charge in [-0.25, -0.2) is 18.4 Å². The molecule has 0 aliphatic carbocycles. The van der Waals surface area contributed by atoms with Gasteiger partial charge in [-0.1, -0.05) is 18.2 Å². The van der Waals surface area contributed by atoms with E-state index in [0.29, 0.717) is 23.0 Å². The average Bonchev–Trinajstić information content (AvgIpc) is 2.81. The van der Waals surface area contributed by atoms with Crippen molar-refractivity contribution in [2.24, 2.45) is 0 Å². The van der Waals surface area contributed by atoms with E-state index in [1.54, 1.807) is 12.1 Å². The van der Waals surface area contributed by atoms with E-state index in [0.717, 1.165) is 10.6 Å². The van der Waals surface area contributed by atoms with E-state index < -0.39 is 40.3 Å². The Labute approximate surface area is 199 Å². The second kappa shape index (κ2) is 10.4. The van der Waals surface area contributed by atoms with Gasteiger partial charge >= 0.3 is 6.18 Å². The van der Waals surface area contributed by atoms with Crippen LogP contribution >= 0.6 is 0 Å². The van der Waals surface area contributed by atoms with Gasteiger partial charge in [0.1, 0.15) is 23.3 Å². The molecule has 4 N–H and O–H groups in total. The van der Waals surface area contributed by atoms with Crippen LogP contribution < -0.4 is 14.9 Å². The molecule has 3 aromatic rings. The highest BCUT2D eigenvalue weighted by molar-refractivity contribution is 7.92. The van der Waals surface area contributed by atoms with Gasteiger partial charge in [-0.3, -0.25) is 4.31 Å². The average molecular weight is 513 g/mol. The van der Waals surface area contributed by atoms with Crippen molar-refractivity contribution in [2.75, 3.05) is 34.8 Å². The summed E-state index contributed by atoms with van der Waals surface area (Å²) in [5.41, 5.74) is 0.125. The minimum Gasteiger partial charge on any atom is -0.393 e. The number of rotatable bonds is 9. The molecule has 0 aliphatic heterocycles. The zero-order valence-electron chi connectivity index (χ0n) is 18.7. The Bertz CT molecular complexity index is 1270. The number of benzene rings is 1. The smallest absolute Gasteiger partial charge is 0.393 e. The third-order valence-electron chi connectivity index (χ3n) is 4.93. The number of aliphatic hydroxyl groups is 2. The molecule has 1 unspecified atom stereocenters. The first kappa shape index (κ1) is 26.1. The van der Waals surface area contributed by atoms with Crippen LogP contribution in [0.5, 0.6) is 0 Å². The molecule has 2 heterocycles. The first-order valence-electron chi connectivity index (χ1n) is 10.1. The standard InChI is InChI=1S/C21H23F3N6O4S/c1-30(35(2,33)34)19-14(4-3-9-25-19)10-26-18-16(21(22,23)24)11-27-20(29-18)28-15-7-5-13(6-8-15)17(32)12-31/h3-9,11,17,31-32H,10,12H2,1-2H3,(H2,26,27,28,29). The van der Waals surface area contributed by atoms with Gasteiger partial charge in [-0.15, -0.1) is 0 Å². The van der Waals surface area contributed by atoms with Gasteiger partial charge in [0.15, 0.2) is 0 Å². The highest BCUT2D eigenvalue weighted by atomic mass is 32.2. The van der Waals surface area contributed by atoms with Crippen molar-refractivity contribution in [1.29, 1.82) is 0 Å². The molecule has 35 heavy (non-hydrogen) atoms. The monoisotopic (exact) mass is 512 g/mol. The highest BCUT2D eigenvalue weighted by Gasteiger charge is 2.35. The van der Waals surface area contributed by atoms with Crippen molar-refractivity contribution in [3.05, 3.63) is 65.5 Å². The molecular formula is C21H23F3N6O4S. The van der Waals surface area contributed by atoms with Crippen molar-refractivity contribution in [3.63, 3.8) is 0 Å². The number of sulfonamides is 1. The molecule has 0 aliphatic rings. The molecule has 0 spiro atoms. The van der Waals surface area contributed by atoms with Crippen molar-refractivity contribution in [3.8, 4) is 0 Å². The van der Waals surface area contributed by atoms with E-state index in [1.165, 1.54) is 37.5 Å². The third-order valence-corrected chi connectivity index (χ3v) is 6.10. The Morgan fingerprint density at radius 2 is 1.83 bits per heavy atom. The number of pyridine rings is 1. The molecule has 1 atom stereocenters. The van der Waals surface area contributed by atoms with Crippen molar-refractivity contribution >= 4 is 33.3 Å². The fourth-order valence-electron chi connectivity index (χ4n) is 3.00. The third kappa shape index (κ3) is 6.55. The maximum absolute atomic E-state index is 13.6. The lowest BCUT2D eigenvalue weighted by atomic mass is 10.1. The summed E-state index contributed by atoms with van der Waals surface area (Å²) in [6.07, 6.45) is -2.81. The van der Waals surface area contributed by atoms with Gasteiger partial charge in [0.05, 0.1) is 12.9 Å². The van der Waals surface area contributed by atoms with E-state index in [-0.39, 0.29) is 18.3 Å². The Kier molecular flexibility index (Phi) is 7.77. The summed E-state index contributed by atoms with van der Waals surface area (Å²) in [5.74, 6) is -0.580. The molecule has 1 aromatic carbocycles. The topological polar surface area (TPSA) is 141 Å². The number of anilines is 4. The first-order valence-corrected chi connectivity index (χ1v) is 12.0. The summed E-state index contributed by atoms with van der Waals surface area (Å²) in [7, 11) is -2.35. The number of aliphatic hydroxyl groups excluding tert-OH is 2. The van der Waals surface area contributed by atoms with Crippen molar-refractivity contribution < 1.29 is 31.8 Å². The Hall–Kier alpha value is -3.49. The van der Waals surface area contributed by atoms with E-state index in [4.69, 9.17) is 5.11 Å². The molecule has 3 rings (SSSR count). The molecule has 0 amide bonds. The molecule has 0 bridgehead atoms. The highest BCUT2D eigenvalue weighted by Crippen LogP contribution is 2.34. The number of hydrogen-bond acceptors (Lipinski definition) is 9. The minimum absolute atomic E-state index is 0.0635. The predicted molar refractivity (Wildman–Crippen MR) is 124 cm³/mol. The van der Waals surface area contributed by atoms with Crippen molar-refractivity contribution in [1.82, 2.24) is 15.0 Å². The Morgan fingerprint density at radius 1 is 1.14 bits per heavy atom. The van der Waals surface area contributed by atoms with Gasteiger partial charge < -0.3 is 20.8 Å². The largest absolute Gasteiger partial charge is 0.421 e. The van der Waals surface area contributed by atoms with Crippen LogP contribution in [-0.2, 0) is 22.7 Å². The fourth-order valence-corrected chi connectivity index (χ4v) is 3.47. The van der Waals surface area contributed by atoms with Crippen molar-refractivity contribution in [2.45, 2.75) is 18.8 Å². The number of halogens is 3. The fraction of sp³-hybridized carbons (Fsp3) is 0.286. The SMILES string of the molecule is CN(c1ncccc1CNc1nc(Nc2ccc(C(O)CO)cc2)ncc1C(F)(F)F)S(C)(=O)=O. The summed E-state index contributed by atoms with van der Waals surface area (Å²) >= 11 is 0. The molecule has 10 nitrogen and oxygen atoms in total. The summed E-state index contributed by atoms with van der Waals surface area (Å²) in [5, 5.41) is 24.1. The number of nitrogens with one attached hydrogen (secondary N) is 2. The Balaban J connectivity index is 1.87. The second-order valence-electron chi connectivity index (χ2n) is 7.47. The van der Waals surface area contributed by atoms with Crippen LogP contribution in [0.4, 0.5) is 36.4 Å². The van der Waals surface area contributed by atoms with Gasteiger partial charge in [0, 0.05) is 37.2 Å². The zero-order chi connectivity index (χ0) is 25.8. The summed E-state index contributed by atoms with van der Waals surface area (Å²) in [6.45, 7) is -0.654. The van der Waals surface area contributed by atoms with E-state index in [2.05, 4.69) is 25.6 Å². The summed E-state index contributed by atoms with van der Waals surface area (Å²) < 4.78 is 65.4. The normalized spacial score (nSPS) is 12.8. The van der Waals surface area contributed by atoms with E-state index in [9.17, 15) is 26.7 Å². The molecule has 188 valence electrons. The van der Waals surface area contributed by atoms with Crippen LogP contribution in [-0.4, -0.2) is 53.5 Å². The maximum atomic E-state index is 13.6. The van der Waals surface area contributed by atoms with Gasteiger partial charge in [-0.05, 0) is 23.8 Å². The van der Waals surface area contributed by atoms with Crippen LogP contribution in [0, 0.1) is 0 Å². The second-order valence-corrected chi connectivity index (χ2v) is 9.48. The number of nitrogens with zero attached hydrogens (tertiary/aromatic N) is 4. The van der Waals surface area contributed by atoms with Crippen LogP contribution in [0.1, 0.15) is 22.8 Å². The van der Waals surface area contributed by atoms with Crippen LogP contribution in [0.15, 0.2) is 48.8 Å². The predicted octanol–water partition coefficient (Wildman–Crippen LogP) is 2.67. The molecule has 0 radical (unpaired) electrons. The number of aromatic nitrogens is 3. The lowest BCUT2D eigenvalue weighted by molar-refractivity contribution is -0.137. The van der Waals surface area contributed by atoms with Gasteiger partial charge in [0.2, 0.25) is 16.0 Å². The first-order chi connectivity index (χ1) is 16.4. The van der Waals surface area contributed by atoms with E-state index in [1.807, 2.05) is 0 Å².